The number of nitrogens with zero attached hydrogens (tertiary/aromatic N) is 1. The molecule has 1 aliphatic rings. The lowest BCUT2D eigenvalue weighted by molar-refractivity contribution is -0.129. The summed E-state index contributed by atoms with van der Waals surface area (Å²) < 4.78 is 0. The van der Waals surface area contributed by atoms with Gasteiger partial charge < -0.3 is 15.3 Å². The molecule has 2 N–H and O–H groups in total. The maximum atomic E-state index is 12.0. The fourth-order valence-corrected chi connectivity index (χ4v) is 2.39. The standard InChI is InChI=1S/C15H20N2O3/c1-2-17-10-12(8-14(17)19)15(20)16-9-13(18)11-6-4-3-5-7-11/h3-7,12-13,18H,2,8-10H2,1H3,(H,16,20). The normalized spacial score (nSPS) is 20.0. The summed E-state index contributed by atoms with van der Waals surface area (Å²) in [6, 6.07) is 9.19. The van der Waals surface area contributed by atoms with E-state index in [1.165, 1.54) is 0 Å². The lowest BCUT2D eigenvalue weighted by Gasteiger charge is -2.15. The van der Waals surface area contributed by atoms with Crippen molar-refractivity contribution in [3.05, 3.63) is 35.9 Å². The number of likely N-dealkylation sites (tertiary alicyclic amines) is 1. The molecule has 0 radical (unpaired) electrons. The molecule has 0 bridgehead atoms. The Labute approximate surface area is 118 Å². The van der Waals surface area contributed by atoms with E-state index in [-0.39, 0.29) is 30.7 Å². The molecule has 108 valence electrons. The minimum absolute atomic E-state index is 0.0243. The van der Waals surface area contributed by atoms with Gasteiger partial charge in [-0.1, -0.05) is 30.3 Å². The van der Waals surface area contributed by atoms with Gasteiger partial charge in [0, 0.05) is 26.1 Å². The molecule has 2 amide bonds. The molecule has 2 atom stereocenters. The van der Waals surface area contributed by atoms with Crippen LogP contribution in [-0.2, 0) is 9.59 Å². The predicted octanol–water partition coefficient (Wildman–Crippen LogP) is 0.705. The Hall–Kier alpha value is -1.88. The summed E-state index contributed by atoms with van der Waals surface area (Å²) in [5.41, 5.74) is 0.769. The highest BCUT2D eigenvalue weighted by atomic mass is 16.3. The number of aliphatic hydroxyl groups is 1. The van der Waals surface area contributed by atoms with Crippen LogP contribution < -0.4 is 5.32 Å². The Morgan fingerprint density at radius 3 is 2.75 bits per heavy atom. The Morgan fingerprint density at radius 1 is 1.45 bits per heavy atom. The van der Waals surface area contributed by atoms with Crippen LogP contribution in [0.4, 0.5) is 0 Å². The second kappa shape index (κ2) is 6.52. The number of carbonyl (C=O) groups excluding carboxylic acids is 2. The van der Waals surface area contributed by atoms with Crippen molar-refractivity contribution in [2.24, 2.45) is 5.92 Å². The molecular formula is C15H20N2O3. The highest BCUT2D eigenvalue weighted by molar-refractivity contribution is 5.89. The second-order valence-electron chi connectivity index (χ2n) is 5.01. The third-order valence-electron chi connectivity index (χ3n) is 3.62. The number of hydrogen-bond acceptors (Lipinski definition) is 3. The highest BCUT2D eigenvalue weighted by Gasteiger charge is 2.33. The van der Waals surface area contributed by atoms with Crippen molar-refractivity contribution in [3.63, 3.8) is 0 Å². The molecule has 1 aliphatic heterocycles. The van der Waals surface area contributed by atoms with Crippen molar-refractivity contribution in [1.82, 2.24) is 10.2 Å². The predicted molar refractivity (Wildman–Crippen MR) is 74.8 cm³/mol. The molecule has 2 rings (SSSR count). The molecule has 1 heterocycles. The summed E-state index contributed by atoms with van der Waals surface area (Å²) >= 11 is 0. The van der Waals surface area contributed by atoms with Gasteiger partial charge in [0.05, 0.1) is 12.0 Å². The number of amides is 2. The van der Waals surface area contributed by atoms with E-state index in [9.17, 15) is 14.7 Å². The molecule has 0 aromatic heterocycles. The Bertz CT molecular complexity index is 475. The van der Waals surface area contributed by atoms with E-state index in [4.69, 9.17) is 0 Å². The molecule has 20 heavy (non-hydrogen) atoms. The van der Waals surface area contributed by atoms with Crippen LogP contribution in [0.2, 0.25) is 0 Å². The lowest BCUT2D eigenvalue weighted by atomic mass is 10.1. The van der Waals surface area contributed by atoms with Crippen molar-refractivity contribution >= 4 is 11.8 Å². The van der Waals surface area contributed by atoms with E-state index in [1.54, 1.807) is 4.90 Å². The fraction of sp³-hybridized carbons (Fsp3) is 0.467. The van der Waals surface area contributed by atoms with Gasteiger partial charge in [0.1, 0.15) is 0 Å². The highest BCUT2D eigenvalue weighted by Crippen LogP contribution is 2.18. The topological polar surface area (TPSA) is 69.6 Å². The summed E-state index contributed by atoms with van der Waals surface area (Å²) in [5.74, 6) is -0.439. The van der Waals surface area contributed by atoms with Gasteiger partial charge >= 0.3 is 0 Å². The minimum Gasteiger partial charge on any atom is -0.387 e. The maximum Gasteiger partial charge on any atom is 0.225 e. The van der Waals surface area contributed by atoms with Crippen molar-refractivity contribution < 1.29 is 14.7 Å². The molecule has 2 unspecified atom stereocenters. The molecule has 1 aromatic carbocycles. The van der Waals surface area contributed by atoms with E-state index in [1.807, 2.05) is 37.3 Å². The average Bonchev–Trinajstić information content (AvgIpc) is 2.86. The average molecular weight is 276 g/mol. The van der Waals surface area contributed by atoms with Crippen LogP contribution in [0.5, 0.6) is 0 Å². The van der Waals surface area contributed by atoms with Gasteiger partial charge in [0.15, 0.2) is 0 Å². The van der Waals surface area contributed by atoms with Crippen molar-refractivity contribution in [2.75, 3.05) is 19.6 Å². The van der Waals surface area contributed by atoms with Crippen LogP contribution >= 0.6 is 0 Å². The molecule has 0 aliphatic carbocycles. The van der Waals surface area contributed by atoms with E-state index >= 15 is 0 Å². The van der Waals surface area contributed by atoms with Crippen LogP contribution in [0, 0.1) is 5.92 Å². The largest absolute Gasteiger partial charge is 0.387 e. The third-order valence-corrected chi connectivity index (χ3v) is 3.62. The Kier molecular flexibility index (Phi) is 4.74. The zero-order valence-corrected chi connectivity index (χ0v) is 11.6. The molecule has 0 spiro atoms. The van der Waals surface area contributed by atoms with Gasteiger partial charge in [-0.15, -0.1) is 0 Å². The summed E-state index contributed by atoms with van der Waals surface area (Å²) in [6.45, 7) is 3.18. The Morgan fingerprint density at radius 2 is 2.15 bits per heavy atom. The van der Waals surface area contributed by atoms with E-state index < -0.39 is 6.10 Å². The Balaban J connectivity index is 1.83. The van der Waals surface area contributed by atoms with E-state index in [0.29, 0.717) is 13.1 Å². The molecular weight excluding hydrogens is 256 g/mol. The first-order chi connectivity index (χ1) is 9.61. The molecule has 1 fully saturated rings. The van der Waals surface area contributed by atoms with Gasteiger partial charge in [0.2, 0.25) is 11.8 Å². The number of rotatable bonds is 5. The van der Waals surface area contributed by atoms with Gasteiger partial charge in [-0.25, -0.2) is 0 Å². The molecule has 1 aromatic rings. The van der Waals surface area contributed by atoms with Crippen LogP contribution in [-0.4, -0.2) is 41.5 Å². The number of carbonyl (C=O) groups is 2. The molecule has 0 saturated carbocycles. The van der Waals surface area contributed by atoms with Crippen molar-refractivity contribution in [2.45, 2.75) is 19.4 Å². The zero-order chi connectivity index (χ0) is 14.5. The van der Waals surface area contributed by atoms with Crippen molar-refractivity contribution in [3.8, 4) is 0 Å². The molecule has 5 nitrogen and oxygen atoms in total. The first-order valence-corrected chi connectivity index (χ1v) is 6.90. The summed E-state index contributed by atoms with van der Waals surface area (Å²) in [7, 11) is 0. The summed E-state index contributed by atoms with van der Waals surface area (Å²) in [5, 5.41) is 12.7. The number of hydrogen-bond donors (Lipinski definition) is 2. The van der Waals surface area contributed by atoms with Crippen LogP contribution in [0.25, 0.3) is 0 Å². The monoisotopic (exact) mass is 276 g/mol. The first-order valence-electron chi connectivity index (χ1n) is 6.90. The quantitative estimate of drug-likeness (QED) is 0.832. The number of nitrogens with one attached hydrogen (secondary N) is 1. The van der Waals surface area contributed by atoms with Gasteiger partial charge in [-0.2, -0.15) is 0 Å². The van der Waals surface area contributed by atoms with Crippen LogP contribution in [0.3, 0.4) is 0 Å². The van der Waals surface area contributed by atoms with Gasteiger partial charge in [-0.05, 0) is 12.5 Å². The van der Waals surface area contributed by atoms with Crippen LogP contribution in [0.15, 0.2) is 30.3 Å². The maximum absolute atomic E-state index is 12.0. The van der Waals surface area contributed by atoms with E-state index in [2.05, 4.69) is 5.32 Å². The van der Waals surface area contributed by atoms with E-state index in [0.717, 1.165) is 5.56 Å². The summed E-state index contributed by atoms with van der Waals surface area (Å²) in [6.07, 6.45) is -0.458. The molecule has 5 heteroatoms. The number of benzene rings is 1. The summed E-state index contributed by atoms with van der Waals surface area (Å²) in [4.78, 5) is 25.2. The second-order valence-corrected chi connectivity index (χ2v) is 5.01. The molecule has 1 saturated heterocycles. The smallest absolute Gasteiger partial charge is 0.225 e. The van der Waals surface area contributed by atoms with Gasteiger partial charge in [0.25, 0.3) is 0 Å². The van der Waals surface area contributed by atoms with Crippen molar-refractivity contribution in [1.29, 1.82) is 0 Å². The lowest BCUT2D eigenvalue weighted by Crippen LogP contribution is -2.35. The SMILES string of the molecule is CCN1CC(C(=O)NCC(O)c2ccccc2)CC1=O. The third kappa shape index (κ3) is 3.36. The van der Waals surface area contributed by atoms with Crippen LogP contribution in [0.1, 0.15) is 25.0 Å². The zero-order valence-electron chi connectivity index (χ0n) is 11.6. The number of aliphatic hydroxyl groups excluding tert-OH is 1. The minimum atomic E-state index is -0.723. The van der Waals surface area contributed by atoms with Gasteiger partial charge in [-0.3, -0.25) is 9.59 Å². The fourth-order valence-electron chi connectivity index (χ4n) is 2.39. The first kappa shape index (κ1) is 14.5.